The Morgan fingerprint density at radius 1 is 1.12 bits per heavy atom. The van der Waals surface area contributed by atoms with Crippen LogP contribution in [0.4, 0.5) is 11.6 Å². The number of carbonyl (C=O) groups is 1. The number of piperazine rings is 1. The van der Waals surface area contributed by atoms with Crippen LogP contribution in [0.5, 0.6) is 5.75 Å². The summed E-state index contributed by atoms with van der Waals surface area (Å²) in [5.74, 6) is 1.37. The zero-order chi connectivity index (χ0) is 17.6. The number of para-hydroxylation sites is 2. The minimum absolute atomic E-state index is 0.0334. The van der Waals surface area contributed by atoms with E-state index in [9.17, 15) is 4.79 Å². The van der Waals surface area contributed by atoms with Gasteiger partial charge in [0.1, 0.15) is 5.75 Å². The van der Waals surface area contributed by atoms with Gasteiger partial charge in [-0.25, -0.2) is 9.97 Å². The molecule has 7 heteroatoms. The van der Waals surface area contributed by atoms with Crippen LogP contribution in [0.1, 0.15) is 6.92 Å². The van der Waals surface area contributed by atoms with Gasteiger partial charge < -0.3 is 15.0 Å². The number of aromatic nitrogens is 2. The second-order valence-electron chi connectivity index (χ2n) is 5.94. The van der Waals surface area contributed by atoms with Gasteiger partial charge in [-0.2, -0.15) is 0 Å². The molecule has 0 spiro atoms. The summed E-state index contributed by atoms with van der Waals surface area (Å²) < 4.78 is 5.29. The molecule has 3 rings (SSSR count). The first-order valence-electron chi connectivity index (χ1n) is 8.39. The molecule has 132 valence electrons. The van der Waals surface area contributed by atoms with Crippen molar-refractivity contribution in [3.63, 3.8) is 0 Å². The minimum atomic E-state index is -0.219. The van der Waals surface area contributed by atoms with Crippen molar-refractivity contribution in [2.45, 2.75) is 13.0 Å². The van der Waals surface area contributed by atoms with E-state index in [2.05, 4.69) is 25.1 Å². The third-order valence-electron chi connectivity index (χ3n) is 4.44. The Labute approximate surface area is 147 Å². The fourth-order valence-electron chi connectivity index (χ4n) is 2.91. The van der Waals surface area contributed by atoms with Crippen LogP contribution in [0, 0.1) is 0 Å². The van der Waals surface area contributed by atoms with E-state index in [1.54, 1.807) is 19.5 Å². The summed E-state index contributed by atoms with van der Waals surface area (Å²) >= 11 is 0. The summed E-state index contributed by atoms with van der Waals surface area (Å²) in [5, 5.41) is 2.96. The monoisotopic (exact) mass is 341 g/mol. The Morgan fingerprint density at radius 3 is 2.48 bits per heavy atom. The third-order valence-corrected chi connectivity index (χ3v) is 4.44. The molecule has 1 N–H and O–H groups in total. The number of benzene rings is 1. The highest BCUT2D eigenvalue weighted by Crippen LogP contribution is 2.23. The first kappa shape index (κ1) is 17.2. The number of carbonyl (C=O) groups excluding carboxylic acids is 1. The largest absolute Gasteiger partial charge is 0.495 e. The lowest BCUT2D eigenvalue weighted by Gasteiger charge is -2.37. The van der Waals surface area contributed by atoms with E-state index in [1.165, 1.54) is 0 Å². The van der Waals surface area contributed by atoms with E-state index in [-0.39, 0.29) is 11.9 Å². The number of anilines is 2. The van der Waals surface area contributed by atoms with Gasteiger partial charge in [0.05, 0.1) is 18.8 Å². The first-order valence-corrected chi connectivity index (χ1v) is 8.39. The number of ether oxygens (including phenoxy) is 1. The molecular formula is C18H23N5O2. The predicted octanol–water partition coefficient (Wildman–Crippen LogP) is 1.63. The van der Waals surface area contributed by atoms with Crippen molar-refractivity contribution in [1.29, 1.82) is 0 Å². The van der Waals surface area contributed by atoms with Crippen molar-refractivity contribution in [3.05, 3.63) is 42.7 Å². The number of methoxy groups -OCH3 is 1. The van der Waals surface area contributed by atoms with Crippen LogP contribution in [0.25, 0.3) is 0 Å². The normalized spacial score (nSPS) is 16.3. The lowest BCUT2D eigenvalue weighted by molar-refractivity contribution is -0.120. The SMILES string of the molecule is COc1ccccc1NC(=O)C(C)N1CCN(c2ncccn2)CC1. The number of nitrogens with zero attached hydrogens (tertiary/aromatic N) is 4. The van der Waals surface area contributed by atoms with Gasteiger partial charge in [-0.05, 0) is 25.1 Å². The van der Waals surface area contributed by atoms with Crippen LogP contribution in [0.2, 0.25) is 0 Å². The van der Waals surface area contributed by atoms with E-state index in [0.717, 1.165) is 32.1 Å². The van der Waals surface area contributed by atoms with Crippen LogP contribution < -0.4 is 15.0 Å². The molecule has 1 aliphatic rings. The third kappa shape index (κ3) is 4.06. The van der Waals surface area contributed by atoms with E-state index in [0.29, 0.717) is 11.4 Å². The minimum Gasteiger partial charge on any atom is -0.495 e. The van der Waals surface area contributed by atoms with Crippen molar-refractivity contribution in [2.75, 3.05) is 43.5 Å². The van der Waals surface area contributed by atoms with Gasteiger partial charge in [-0.1, -0.05) is 12.1 Å². The molecule has 0 bridgehead atoms. The highest BCUT2D eigenvalue weighted by molar-refractivity contribution is 5.95. The van der Waals surface area contributed by atoms with Crippen LogP contribution in [0.3, 0.4) is 0 Å². The molecule has 1 amide bonds. The molecule has 1 aromatic carbocycles. The predicted molar refractivity (Wildman–Crippen MR) is 96.9 cm³/mol. The van der Waals surface area contributed by atoms with Crippen molar-refractivity contribution in [1.82, 2.24) is 14.9 Å². The maximum atomic E-state index is 12.6. The molecule has 1 saturated heterocycles. The fourth-order valence-corrected chi connectivity index (χ4v) is 2.91. The summed E-state index contributed by atoms with van der Waals surface area (Å²) in [4.78, 5) is 25.5. The number of hydrogen-bond acceptors (Lipinski definition) is 6. The number of nitrogens with one attached hydrogen (secondary N) is 1. The summed E-state index contributed by atoms with van der Waals surface area (Å²) in [6, 6.07) is 9.02. The quantitative estimate of drug-likeness (QED) is 0.891. The van der Waals surface area contributed by atoms with E-state index in [4.69, 9.17) is 4.74 Å². The van der Waals surface area contributed by atoms with Crippen molar-refractivity contribution in [3.8, 4) is 5.75 Å². The molecule has 0 radical (unpaired) electrons. The molecule has 2 heterocycles. The molecule has 1 aliphatic heterocycles. The second-order valence-corrected chi connectivity index (χ2v) is 5.94. The maximum Gasteiger partial charge on any atom is 0.241 e. The Kier molecular flexibility index (Phi) is 5.45. The van der Waals surface area contributed by atoms with E-state index in [1.807, 2.05) is 37.3 Å². The van der Waals surface area contributed by atoms with Gasteiger partial charge in [0.2, 0.25) is 11.9 Å². The Morgan fingerprint density at radius 2 is 1.80 bits per heavy atom. The average molecular weight is 341 g/mol. The smallest absolute Gasteiger partial charge is 0.241 e. The second kappa shape index (κ2) is 7.94. The van der Waals surface area contributed by atoms with Gasteiger partial charge in [0, 0.05) is 38.6 Å². The van der Waals surface area contributed by atoms with Crippen molar-refractivity contribution in [2.24, 2.45) is 0 Å². The molecule has 1 atom stereocenters. The summed E-state index contributed by atoms with van der Waals surface area (Å²) in [6.45, 7) is 5.11. The van der Waals surface area contributed by atoms with Gasteiger partial charge >= 0.3 is 0 Å². The van der Waals surface area contributed by atoms with Crippen LogP contribution in [-0.4, -0.2) is 60.1 Å². The van der Waals surface area contributed by atoms with Crippen LogP contribution in [-0.2, 0) is 4.79 Å². The molecule has 2 aromatic rings. The lowest BCUT2D eigenvalue weighted by atomic mass is 10.2. The average Bonchev–Trinajstić information content (AvgIpc) is 2.68. The summed E-state index contributed by atoms with van der Waals surface area (Å²) in [7, 11) is 1.60. The van der Waals surface area contributed by atoms with Crippen LogP contribution in [0.15, 0.2) is 42.7 Å². The fraction of sp³-hybridized carbons (Fsp3) is 0.389. The lowest BCUT2D eigenvalue weighted by Crippen LogP contribution is -2.53. The van der Waals surface area contributed by atoms with Gasteiger partial charge in [-0.15, -0.1) is 0 Å². The van der Waals surface area contributed by atoms with Crippen LogP contribution >= 0.6 is 0 Å². The Bertz CT molecular complexity index is 702. The van der Waals surface area contributed by atoms with Crippen molar-refractivity contribution < 1.29 is 9.53 Å². The Balaban J connectivity index is 1.57. The van der Waals surface area contributed by atoms with Crippen molar-refractivity contribution >= 4 is 17.5 Å². The molecule has 0 aliphatic carbocycles. The topological polar surface area (TPSA) is 70.6 Å². The molecule has 1 fully saturated rings. The highest BCUT2D eigenvalue weighted by Gasteiger charge is 2.26. The molecule has 1 aromatic heterocycles. The van der Waals surface area contributed by atoms with Gasteiger partial charge in [-0.3, -0.25) is 9.69 Å². The summed E-state index contributed by atoms with van der Waals surface area (Å²) in [6.07, 6.45) is 3.50. The summed E-state index contributed by atoms with van der Waals surface area (Å²) in [5.41, 5.74) is 0.693. The molecule has 25 heavy (non-hydrogen) atoms. The Hall–Kier alpha value is -2.67. The zero-order valence-electron chi connectivity index (χ0n) is 14.6. The molecule has 1 unspecified atom stereocenters. The number of rotatable bonds is 5. The molecular weight excluding hydrogens is 318 g/mol. The molecule has 7 nitrogen and oxygen atoms in total. The van der Waals surface area contributed by atoms with E-state index < -0.39 is 0 Å². The van der Waals surface area contributed by atoms with Gasteiger partial charge in [0.15, 0.2) is 0 Å². The standard InChI is InChI=1S/C18H23N5O2/c1-14(17(24)21-15-6-3-4-7-16(15)25-2)22-10-12-23(13-11-22)18-19-8-5-9-20-18/h3-9,14H,10-13H2,1-2H3,(H,21,24). The number of amides is 1. The van der Waals surface area contributed by atoms with Gasteiger partial charge in [0.25, 0.3) is 0 Å². The molecule has 0 saturated carbocycles. The zero-order valence-corrected chi connectivity index (χ0v) is 14.6. The van der Waals surface area contributed by atoms with E-state index >= 15 is 0 Å². The maximum absolute atomic E-state index is 12.6. The number of hydrogen-bond donors (Lipinski definition) is 1. The first-order chi connectivity index (χ1) is 12.2. The highest BCUT2D eigenvalue weighted by atomic mass is 16.5.